The Morgan fingerprint density at radius 3 is 2.67 bits per heavy atom. The number of unbranched alkanes of at least 4 members (excludes halogenated alkanes) is 3. The minimum absolute atomic E-state index is 0. The summed E-state index contributed by atoms with van der Waals surface area (Å²) < 4.78 is 5.62. The van der Waals surface area contributed by atoms with Gasteiger partial charge in [-0.2, -0.15) is 0 Å². The number of carbonyl (C=O) groups is 1. The average molecular weight is 279 g/mol. The van der Waals surface area contributed by atoms with Crippen molar-refractivity contribution >= 4 is 18.3 Å². The van der Waals surface area contributed by atoms with Crippen molar-refractivity contribution in [3.63, 3.8) is 0 Å². The largest absolute Gasteiger partial charge is 0.373 e. The molecule has 4 nitrogen and oxygen atoms in total. The van der Waals surface area contributed by atoms with Crippen LogP contribution in [0.3, 0.4) is 0 Å². The van der Waals surface area contributed by atoms with Crippen molar-refractivity contribution in [2.45, 2.75) is 57.5 Å². The van der Waals surface area contributed by atoms with Crippen molar-refractivity contribution < 1.29 is 9.53 Å². The van der Waals surface area contributed by atoms with Crippen molar-refractivity contribution in [1.82, 2.24) is 5.32 Å². The fourth-order valence-electron chi connectivity index (χ4n) is 2.13. The van der Waals surface area contributed by atoms with Crippen LogP contribution in [0.1, 0.15) is 51.9 Å². The lowest BCUT2D eigenvalue weighted by Crippen LogP contribution is -2.40. The summed E-state index contributed by atoms with van der Waals surface area (Å²) in [5.74, 6) is 0.148. The van der Waals surface area contributed by atoms with E-state index in [1.165, 1.54) is 0 Å². The molecule has 0 aromatic heterocycles. The number of nitrogens with two attached hydrogens (primary N) is 1. The summed E-state index contributed by atoms with van der Waals surface area (Å²) in [6, 6.07) is 0. The number of rotatable bonds is 8. The lowest BCUT2D eigenvalue weighted by molar-refractivity contribution is -0.122. The molecule has 1 aliphatic rings. The van der Waals surface area contributed by atoms with Crippen LogP contribution in [0.4, 0.5) is 0 Å². The molecule has 0 aromatic rings. The SMILES string of the molecule is CC1(CNC(=O)CCCCCCN)CCCO1.Cl. The van der Waals surface area contributed by atoms with Gasteiger partial charge in [-0.1, -0.05) is 12.8 Å². The van der Waals surface area contributed by atoms with E-state index in [-0.39, 0.29) is 23.9 Å². The fourth-order valence-corrected chi connectivity index (χ4v) is 2.13. The van der Waals surface area contributed by atoms with Gasteiger partial charge in [0, 0.05) is 19.6 Å². The Bertz CT molecular complexity index is 231. The van der Waals surface area contributed by atoms with E-state index in [1.807, 2.05) is 0 Å². The van der Waals surface area contributed by atoms with Crippen LogP contribution in [0.2, 0.25) is 0 Å². The van der Waals surface area contributed by atoms with Gasteiger partial charge in [0.1, 0.15) is 0 Å². The number of hydrogen-bond donors (Lipinski definition) is 2. The third-order valence-corrected chi connectivity index (χ3v) is 3.32. The van der Waals surface area contributed by atoms with Gasteiger partial charge in [0.05, 0.1) is 5.60 Å². The second kappa shape index (κ2) is 9.59. The van der Waals surface area contributed by atoms with E-state index in [4.69, 9.17) is 10.5 Å². The molecule has 0 bridgehead atoms. The van der Waals surface area contributed by atoms with E-state index in [9.17, 15) is 4.79 Å². The molecule has 18 heavy (non-hydrogen) atoms. The molecular weight excluding hydrogens is 252 g/mol. The first kappa shape index (κ1) is 17.7. The van der Waals surface area contributed by atoms with E-state index in [0.717, 1.165) is 51.7 Å². The zero-order chi connectivity index (χ0) is 12.6. The molecule has 0 aliphatic carbocycles. The van der Waals surface area contributed by atoms with Gasteiger partial charge in [0.15, 0.2) is 0 Å². The maximum atomic E-state index is 11.6. The van der Waals surface area contributed by atoms with Gasteiger partial charge in [-0.25, -0.2) is 0 Å². The molecule has 1 aliphatic heterocycles. The minimum Gasteiger partial charge on any atom is -0.373 e. The zero-order valence-electron chi connectivity index (χ0n) is 11.4. The molecular formula is C13H27ClN2O2. The van der Waals surface area contributed by atoms with E-state index >= 15 is 0 Å². The highest BCUT2D eigenvalue weighted by molar-refractivity contribution is 5.85. The van der Waals surface area contributed by atoms with Crippen molar-refractivity contribution in [1.29, 1.82) is 0 Å². The maximum absolute atomic E-state index is 11.6. The van der Waals surface area contributed by atoms with Crippen LogP contribution in [0.25, 0.3) is 0 Å². The van der Waals surface area contributed by atoms with E-state index in [2.05, 4.69) is 12.2 Å². The molecule has 1 fully saturated rings. The van der Waals surface area contributed by atoms with Gasteiger partial charge in [-0.15, -0.1) is 12.4 Å². The zero-order valence-corrected chi connectivity index (χ0v) is 12.2. The second-order valence-electron chi connectivity index (χ2n) is 5.13. The first-order chi connectivity index (χ1) is 8.16. The molecule has 0 spiro atoms. The Morgan fingerprint density at radius 1 is 1.33 bits per heavy atom. The molecule has 0 radical (unpaired) electrons. The number of amides is 1. The smallest absolute Gasteiger partial charge is 0.220 e. The van der Waals surface area contributed by atoms with Gasteiger partial charge in [0.2, 0.25) is 5.91 Å². The van der Waals surface area contributed by atoms with E-state index < -0.39 is 0 Å². The Labute approximate surface area is 116 Å². The Balaban J connectivity index is 0.00000289. The van der Waals surface area contributed by atoms with Crippen LogP contribution >= 0.6 is 12.4 Å². The van der Waals surface area contributed by atoms with Crippen molar-refractivity contribution in [2.75, 3.05) is 19.7 Å². The quantitative estimate of drug-likeness (QED) is 0.668. The van der Waals surface area contributed by atoms with Gasteiger partial charge >= 0.3 is 0 Å². The van der Waals surface area contributed by atoms with E-state index in [1.54, 1.807) is 0 Å². The van der Waals surface area contributed by atoms with Crippen molar-refractivity contribution in [2.24, 2.45) is 5.73 Å². The molecule has 5 heteroatoms. The van der Waals surface area contributed by atoms with Crippen molar-refractivity contribution in [3.05, 3.63) is 0 Å². The predicted molar refractivity (Wildman–Crippen MR) is 76.0 cm³/mol. The topological polar surface area (TPSA) is 64.4 Å². The Hall–Kier alpha value is -0.320. The fraction of sp³-hybridized carbons (Fsp3) is 0.923. The van der Waals surface area contributed by atoms with Gasteiger partial charge < -0.3 is 15.8 Å². The van der Waals surface area contributed by atoms with Crippen LogP contribution in [0.5, 0.6) is 0 Å². The first-order valence-corrected chi connectivity index (χ1v) is 6.77. The van der Waals surface area contributed by atoms with Crippen LogP contribution in [-0.2, 0) is 9.53 Å². The summed E-state index contributed by atoms with van der Waals surface area (Å²) in [7, 11) is 0. The average Bonchev–Trinajstić information content (AvgIpc) is 2.74. The third kappa shape index (κ3) is 7.19. The molecule has 0 aromatic carbocycles. The van der Waals surface area contributed by atoms with Crippen LogP contribution in [-0.4, -0.2) is 31.2 Å². The lowest BCUT2D eigenvalue weighted by Gasteiger charge is -2.23. The van der Waals surface area contributed by atoms with Crippen LogP contribution in [0, 0.1) is 0 Å². The molecule has 1 rings (SSSR count). The maximum Gasteiger partial charge on any atom is 0.220 e. The lowest BCUT2D eigenvalue weighted by atomic mass is 10.0. The summed E-state index contributed by atoms with van der Waals surface area (Å²) in [5, 5.41) is 2.97. The standard InChI is InChI=1S/C13H26N2O2.ClH/c1-13(8-6-10-17-13)11-15-12(16)7-4-2-3-5-9-14;/h2-11,14H2,1H3,(H,15,16);1H. The number of halogens is 1. The van der Waals surface area contributed by atoms with Gasteiger partial charge in [-0.05, 0) is 39.2 Å². The highest BCUT2D eigenvalue weighted by Gasteiger charge is 2.29. The number of ether oxygens (including phenoxy) is 1. The molecule has 0 saturated carbocycles. The Morgan fingerprint density at radius 2 is 2.06 bits per heavy atom. The van der Waals surface area contributed by atoms with Crippen LogP contribution in [0.15, 0.2) is 0 Å². The third-order valence-electron chi connectivity index (χ3n) is 3.32. The highest BCUT2D eigenvalue weighted by Crippen LogP contribution is 2.23. The predicted octanol–water partition coefficient (Wildman–Crippen LogP) is 2.00. The molecule has 1 saturated heterocycles. The molecule has 1 amide bonds. The first-order valence-electron chi connectivity index (χ1n) is 6.77. The molecule has 1 unspecified atom stereocenters. The molecule has 1 heterocycles. The minimum atomic E-state index is -0.130. The van der Waals surface area contributed by atoms with Crippen LogP contribution < -0.4 is 11.1 Å². The second-order valence-corrected chi connectivity index (χ2v) is 5.13. The molecule has 3 N–H and O–H groups in total. The summed E-state index contributed by atoms with van der Waals surface area (Å²) >= 11 is 0. The number of hydrogen-bond acceptors (Lipinski definition) is 3. The molecule has 108 valence electrons. The van der Waals surface area contributed by atoms with Crippen molar-refractivity contribution in [3.8, 4) is 0 Å². The van der Waals surface area contributed by atoms with Gasteiger partial charge in [0.25, 0.3) is 0 Å². The van der Waals surface area contributed by atoms with Gasteiger partial charge in [-0.3, -0.25) is 4.79 Å². The molecule has 1 atom stereocenters. The summed E-state index contributed by atoms with van der Waals surface area (Å²) in [6.45, 7) is 4.30. The normalized spacial score (nSPS) is 22.6. The number of nitrogens with one attached hydrogen (secondary N) is 1. The monoisotopic (exact) mass is 278 g/mol. The highest BCUT2D eigenvalue weighted by atomic mass is 35.5. The Kier molecular flexibility index (Phi) is 9.42. The summed E-state index contributed by atoms with van der Waals surface area (Å²) in [5.41, 5.74) is 5.28. The summed E-state index contributed by atoms with van der Waals surface area (Å²) in [4.78, 5) is 11.6. The van der Waals surface area contributed by atoms with E-state index in [0.29, 0.717) is 13.0 Å². The summed E-state index contributed by atoms with van der Waals surface area (Å²) in [6.07, 6.45) is 7.02. The number of carbonyl (C=O) groups excluding carboxylic acids is 1.